The number of ether oxygens (including phenoxy) is 1. The number of carbonyl (C=O) groups is 1. The molecule has 0 radical (unpaired) electrons. The number of benzene rings is 1. The lowest BCUT2D eigenvalue weighted by Crippen LogP contribution is -2.28. The second-order valence-electron chi connectivity index (χ2n) is 4.20. The van der Waals surface area contributed by atoms with Crippen LogP contribution in [0.5, 0.6) is 0 Å². The van der Waals surface area contributed by atoms with Gasteiger partial charge < -0.3 is 9.64 Å². The van der Waals surface area contributed by atoms with Crippen molar-refractivity contribution in [1.29, 1.82) is 0 Å². The first kappa shape index (κ1) is 16.6. The maximum atomic E-state index is 11.9. The molecule has 2 N–H and O–H groups in total. The lowest BCUT2D eigenvalue weighted by Gasteiger charge is -2.17. The van der Waals surface area contributed by atoms with Gasteiger partial charge in [-0.3, -0.25) is 0 Å². The number of esters is 1. The van der Waals surface area contributed by atoms with Crippen LogP contribution < -0.4 is 5.14 Å². The van der Waals surface area contributed by atoms with Gasteiger partial charge in [-0.25, -0.2) is 18.4 Å². The van der Waals surface area contributed by atoms with Crippen molar-refractivity contribution in [3.63, 3.8) is 0 Å². The van der Waals surface area contributed by atoms with E-state index in [0.29, 0.717) is 6.54 Å². The zero-order valence-electron chi connectivity index (χ0n) is 11.7. The van der Waals surface area contributed by atoms with Crippen molar-refractivity contribution in [1.82, 2.24) is 4.90 Å². The van der Waals surface area contributed by atoms with Crippen LogP contribution in [0.4, 0.5) is 0 Å². The molecule has 7 heteroatoms. The number of hydrogen-bond donors (Lipinski definition) is 1. The van der Waals surface area contributed by atoms with Crippen LogP contribution in [0, 0.1) is 0 Å². The zero-order chi connectivity index (χ0) is 15.2. The van der Waals surface area contributed by atoms with E-state index in [1.165, 1.54) is 18.2 Å². The van der Waals surface area contributed by atoms with Gasteiger partial charge >= 0.3 is 5.97 Å². The second kappa shape index (κ2) is 7.37. The van der Waals surface area contributed by atoms with E-state index in [-0.39, 0.29) is 17.1 Å². The molecule has 0 amide bonds. The monoisotopic (exact) mass is 300 g/mol. The van der Waals surface area contributed by atoms with E-state index >= 15 is 0 Å². The highest BCUT2D eigenvalue weighted by Crippen LogP contribution is 2.14. The summed E-state index contributed by atoms with van der Waals surface area (Å²) in [5.74, 6) is -0.679. The number of carbonyl (C=O) groups excluding carboxylic acids is 1. The van der Waals surface area contributed by atoms with Crippen molar-refractivity contribution in [3.05, 3.63) is 29.8 Å². The van der Waals surface area contributed by atoms with Gasteiger partial charge in [0.15, 0.2) is 0 Å². The zero-order valence-corrected chi connectivity index (χ0v) is 12.5. The van der Waals surface area contributed by atoms with Gasteiger partial charge in [-0.1, -0.05) is 26.0 Å². The Balaban J connectivity index is 2.74. The minimum Gasteiger partial charge on any atom is -0.461 e. The van der Waals surface area contributed by atoms with E-state index in [2.05, 4.69) is 4.90 Å². The van der Waals surface area contributed by atoms with Crippen LogP contribution in [-0.2, 0) is 14.8 Å². The molecule has 1 aromatic carbocycles. The van der Waals surface area contributed by atoms with Crippen molar-refractivity contribution in [3.8, 4) is 0 Å². The molecule has 0 aromatic heterocycles. The smallest absolute Gasteiger partial charge is 0.339 e. The minimum atomic E-state index is -3.94. The van der Waals surface area contributed by atoms with Gasteiger partial charge in [-0.2, -0.15) is 0 Å². The van der Waals surface area contributed by atoms with Crippen LogP contribution in [0.1, 0.15) is 24.2 Å². The highest BCUT2D eigenvalue weighted by Gasteiger charge is 2.19. The van der Waals surface area contributed by atoms with Crippen molar-refractivity contribution in [2.75, 3.05) is 26.2 Å². The van der Waals surface area contributed by atoms with Crippen LogP contribution in [0.15, 0.2) is 29.2 Å². The van der Waals surface area contributed by atoms with Gasteiger partial charge in [0, 0.05) is 6.54 Å². The number of sulfonamides is 1. The summed E-state index contributed by atoms with van der Waals surface area (Å²) in [5, 5.41) is 5.07. The molecule has 0 aliphatic heterocycles. The largest absolute Gasteiger partial charge is 0.461 e. The molecule has 0 saturated carbocycles. The summed E-state index contributed by atoms with van der Waals surface area (Å²) in [6.07, 6.45) is 0. The van der Waals surface area contributed by atoms with Crippen molar-refractivity contribution < 1.29 is 17.9 Å². The molecule has 20 heavy (non-hydrogen) atoms. The van der Waals surface area contributed by atoms with Crippen LogP contribution in [0.25, 0.3) is 0 Å². The first-order valence-electron chi connectivity index (χ1n) is 6.41. The Hall–Kier alpha value is -1.44. The van der Waals surface area contributed by atoms with Gasteiger partial charge in [0.25, 0.3) is 0 Å². The lowest BCUT2D eigenvalue weighted by molar-refractivity contribution is 0.0462. The summed E-state index contributed by atoms with van der Waals surface area (Å²) in [5.41, 5.74) is -0.0328. The molecule has 0 aliphatic rings. The van der Waals surface area contributed by atoms with Crippen molar-refractivity contribution in [2.45, 2.75) is 18.7 Å². The Bertz CT molecular complexity index is 553. The molecular weight excluding hydrogens is 280 g/mol. The van der Waals surface area contributed by atoms with E-state index in [1.54, 1.807) is 6.07 Å². The third-order valence-corrected chi connectivity index (χ3v) is 3.92. The number of likely N-dealkylation sites (N-methyl/N-ethyl adjacent to an activating group) is 1. The number of nitrogens with zero attached hydrogens (tertiary/aromatic N) is 1. The first-order valence-corrected chi connectivity index (χ1v) is 7.96. The van der Waals surface area contributed by atoms with Gasteiger partial charge in [0.05, 0.1) is 10.5 Å². The maximum Gasteiger partial charge on any atom is 0.339 e. The number of primary sulfonamides is 1. The van der Waals surface area contributed by atoms with Gasteiger partial charge in [0.1, 0.15) is 6.61 Å². The SMILES string of the molecule is CCN(CC)CCOC(=O)c1ccccc1S(N)(=O)=O. The Morgan fingerprint density at radius 1 is 1.25 bits per heavy atom. The highest BCUT2D eigenvalue weighted by molar-refractivity contribution is 7.89. The summed E-state index contributed by atoms with van der Waals surface area (Å²) in [7, 11) is -3.94. The Kier molecular flexibility index (Phi) is 6.12. The fourth-order valence-electron chi connectivity index (χ4n) is 1.77. The maximum absolute atomic E-state index is 11.9. The van der Waals surface area contributed by atoms with Crippen LogP contribution in [-0.4, -0.2) is 45.5 Å². The molecular formula is C13H20N2O4S. The number of hydrogen-bond acceptors (Lipinski definition) is 5. The van der Waals surface area contributed by atoms with Crippen molar-refractivity contribution >= 4 is 16.0 Å². The molecule has 0 spiro atoms. The summed E-state index contributed by atoms with van der Waals surface area (Å²) < 4.78 is 27.9. The Morgan fingerprint density at radius 2 is 1.85 bits per heavy atom. The first-order chi connectivity index (χ1) is 9.40. The normalized spacial score (nSPS) is 11.6. The minimum absolute atomic E-state index is 0.0328. The molecule has 6 nitrogen and oxygen atoms in total. The highest BCUT2D eigenvalue weighted by atomic mass is 32.2. The lowest BCUT2D eigenvalue weighted by atomic mass is 10.2. The molecule has 0 unspecified atom stereocenters. The Labute approximate surface area is 119 Å². The summed E-state index contributed by atoms with van der Waals surface area (Å²) in [6, 6.07) is 5.75. The molecule has 1 rings (SSSR count). The van der Waals surface area contributed by atoms with Crippen LogP contribution in [0.3, 0.4) is 0 Å². The average Bonchev–Trinajstić information content (AvgIpc) is 2.42. The molecule has 112 valence electrons. The predicted molar refractivity (Wildman–Crippen MR) is 75.9 cm³/mol. The summed E-state index contributed by atoms with van der Waals surface area (Å²) in [6.45, 7) is 6.57. The third kappa shape index (κ3) is 4.59. The van der Waals surface area contributed by atoms with E-state index in [1.807, 2.05) is 13.8 Å². The topological polar surface area (TPSA) is 89.7 Å². The van der Waals surface area contributed by atoms with Crippen LogP contribution in [0.2, 0.25) is 0 Å². The van der Waals surface area contributed by atoms with Gasteiger partial charge in [0.2, 0.25) is 10.0 Å². The molecule has 0 saturated heterocycles. The molecule has 0 fully saturated rings. The molecule has 0 heterocycles. The summed E-state index contributed by atoms with van der Waals surface area (Å²) >= 11 is 0. The molecule has 0 bridgehead atoms. The fraction of sp³-hybridized carbons (Fsp3) is 0.462. The van der Waals surface area contributed by atoms with Gasteiger partial charge in [-0.15, -0.1) is 0 Å². The quantitative estimate of drug-likeness (QED) is 0.753. The molecule has 1 aromatic rings. The fourth-order valence-corrected chi connectivity index (χ4v) is 2.49. The van der Waals surface area contributed by atoms with E-state index in [4.69, 9.17) is 9.88 Å². The third-order valence-electron chi connectivity index (χ3n) is 2.95. The van der Waals surface area contributed by atoms with E-state index < -0.39 is 16.0 Å². The Morgan fingerprint density at radius 3 is 2.40 bits per heavy atom. The molecule has 0 atom stereocenters. The van der Waals surface area contributed by atoms with E-state index in [9.17, 15) is 13.2 Å². The van der Waals surface area contributed by atoms with Crippen molar-refractivity contribution in [2.24, 2.45) is 5.14 Å². The number of rotatable bonds is 7. The van der Waals surface area contributed by atoms with E-state index in [0.717, 1.165) is 13.1 Å². The van der Waals surface area contributed by atoms with Crippen LogP contribution >= 0.6 is 0 Å². The average molecular weight is 300 g/mol. The summed E-state index contributed by atoms with van der Waals surface area (Å²) in [4.78, 5) is 13.8. The number of nitrogens with two attached hydrogens (primary N) is 1. The predicted octanol–water partition coefficient (Wildman–Crippen LogP) is 0.833. The second-order valence-corrected chi connectivity index (χ2v) is 5.73. The standard InChI is InChI=1S/C13H20N2O4S/c1-3-15(4-2)9-10-19-13(16)11-7-5-6-8-12(11)20(14,17)18/h5-8H,3-4,9-10H2,1-2H3,(H2,14,17,18). The van der Waals surface area contributed by atoms with Gasteiger partial charge in [-0.05, 0) is 25.2 Å². The molecule has 0 aliphatic carbocycles.